The van der Waals surface area contributed by atoms with Crippen LogP contribution in [0.4, 0.5) is 17.5 Å². The first-order valence-electron chi connectivity index (χ1n) is 9.19. The number of piperazine rings is 1. The second-order valence-electron chi connectivity index (χ2n) is 6.87. The number of anilines is 3. The van der Waals surface area contributed by atoms with Crippen molar-refractivity contribution in [2.24, 2.45) is 0 Å². The van der Waals surface area contributed by atoms with Crippen molar-refractivity contribution in [3.05, 3.63) is 58.2 Å². The molecule has 0 aliphatic carbocycles. The second kappa shape index (κ2) is 7.93. The minimum atomic E-state index is 0.119. The number of rotatable bonds is 4. The van der Waals surface area contributed by atoms with E-state index in [1.54, 1.807) is 12.5 Å². The van der Waals surface area contributed by atoms with E-state index in [0.29, 0.717) is 18.9 Å². The second-order valence-corrected chi connectivity index (χ2v) is 7.78. The number of carbonyl (C=O) groups is 1. The molecule has 4 rings (SSSR count). The SMILES string of the molecule is Cc1ccnc(Nc2cc(N3CCN(C(=O)c4cc(C)cs4)CC3)ncn2)c1. The number of amides is 1. The number of aromatic nitrogens is 3. The van der Waals surface area contributed by atoms with Crippen molar-refractivity contribution in [2.75, 3.05) is 36.4 Å². The topological polar surface area (TPSA) is 74.2 Å². The van der Waals surface area contributed by atoms with Gasteiger partial charge in [0.25, 0.3) is 5.91 Å². The van der Waals surface area contributed by atoms with Gasteiger partial charge >= 0.3 is 0 Å². The molecule has 1 aliphatic rings. The Hall–Kier alpha value is -3.00. The third-order valence-corrected chi connectivity index (χ3v) is 5.69. The molecule has 0 radical (unpaired) electrons. The maximum Gasteiger partial charge on any atom is 0.264 e. The average Bonchev–Trinajstić information content (AvgIpc) is 3.14. The van der Waals surface area contributed by atoms with E-state index < -0.39 is 0 Å². The van der Waals surface area contributed by atoms with Gasteiger partial charge in [-0.3, -0.25) is 4.79 Å². The Balaban J connectivity index is 1.40. The van der Waals surface area contributed by atoms with E-state index in [4.69, 9.17) is 0 Å². The Labute approximate surface area is 168 Å². The van der Waals surface area contributed by atoms with Crippen molar-refractivity contribution in [2.45, 2.75) is 13.8 Å². The van der Waals surface area contributed by atoms with Gasteiger partial charge in [0.2, 0.25) is 0 Å². The molecule has 0 saturated carbocycles. The van der Waals surface area contributed by atoms with Crippen LogP contribution in [0.1, 0.15) is 20.8 Å². The summed E-state index contributed by atoms with van der Waals surface area (Å²) >= 11 is 1.51. The molecule has 0 bridgehead atoms. The molecule has 1 saturated heterocycles. The number of pyridine rings is 1. The summed E-state index contributed by atoms with van der Waals surface area (Å²) in [5, 5.41) is 5.24. The van der Waals surface area contributed by atoms with Gasteiger partial charge in [-0.1, -0.05) is 0 Å². The quantitative estimate of drug-likeness (QED) is 0.732. The number of aryl methyl sites for hydroxylation is 2. The zero-order valence-electron chi connectivity index (χ0n) is 15.9. The Bertz CT molecular complexity index is 980. The molecule has 1 aliphatic heterocycles. The molecule has 4 heterocycles. The fourth-order valence-electron chi connectivity index (χ4n) is 3.16. The maximum atomic E-state index is 12.6. The van der Waals surface area contributed by atoms with Crippen molar-refractivity contribution >= 4 is 34.7 Å². The van der Waals surface area contributed by atoms with Crippen LogP contribution >= 0.6 is 11.3 Å². The van der Waals surface area contributed by atoms with Gasteiger partial charge in [0, 0.05) is 38.4 Å². The van der Waals surface area contributed by atoms with Gasteiger partial charge in [-0.2, -0.15) is 0 Å². The zero-order chi connectivity index (χ0) is 19.5. The highest BCUT2D eigenvalue weighted by Gasteiger charge is 2.24. The lowest BCUT2D eigenvalue weighted by Crippen LogP contribution is -2.48. The summed E-state index contributed by atoms with van der Waals surface area (Å²) < 4.78 is 0. The molecular weight excluding hydrogens is 372 g/mol. The van der Waals surface area contributed by atoms with Crippen LogP contribution in [0, 0.1) is 13.8 Å². The molecule has 3 aromatic heterocycles. The number of hydrogen-bond donors (Lipinski definition) is 1. The first-order chi connectivity index (χ1) is 13.6. The Morgan fingerprint density at radius 2 is 1.79 bits per heavy atom. The summed E-state index contributed by atoms with van der Waals surface area (Å²) in [5.41, 5.74) is 2.27. The monoisotopic (exact) mass is 394 g/mol. The normalized spacial score (nSPS) is 14.2. The van der Waals surface area contributed by atoms with E-state index in [0.717, 1.165) is 40.7 Å². The highest BCUT2D eigenvalue weighted by Crippen LogP contribution is 2.21. The van der Waals surface area contributed by atoms with Crippen LogP contribution in [0.3, 0.4) is 0 Å². The van der Waals surface area contributed by atoms with Gasteiger partial charge in [0.15, 0.2) is 0 Å². The molecule has 0 spiro atoms. The number of nitrogens with zero attached hydrogens (tertiary/aromatic N) is 5. The number of thiophene rings is 1. The number of carbonyl (C=O) groups excluding carboxylic acids is 1. The van der Waals surface area contributed by atoms with Crippen LogP contribution in [-0.2, 0) is 0 Å². The number of hydrogen-bond acceptors (Lipinski definition) is 7. The van der Waals surface area contributed by atoms with Crippen molar-refractivity contribution in [1.82, 2.24) is 19.9 Å². The van der Waals surface area contributed by atoms with E-state index in [9.17, 15) is 4.79 Å². The third kappa shape index (κ3) is 4.12. The lowest BCUT2D eigenvalue weighted by atomic mass is 10.2. The van der Waals surface area contributed by atoms with E-state index in [1.807, 2.05) is 48.4 Å². The lowest BCUT2D eigenvalue weighted by Gasteiger charge is -2.35. The van der Waals surface area contributed by atoms with Crippen LogP contribution in [0.5, 0.6) is 0 Å². The molecule has 1 fully saturated rings. The van der Waals surface area contributed by atoms with Crippen molar-refractivity contribution < 1.29 is 4.79 Å². The minimum Gasteiger partial charge on any atom is -0.353 e. The van der Waals surface area contributed by atoms with Crippen LogP contribution in [-0.4, -0.2) is 51.9 Å². The van der Waals surface area contributed by atoms with Gasteiger partial charge < -0.3 is 15.1 Å². The molecule has 7 nitrogen and oxygen atoms in total. The van der Waals surface area contributed by atoms with Crippen molar-refractivity contribution in [3.63, 3.8) is 0 Å². The van der Waals surface area contributed by atoms with Gasteiger partial charge in [0.1, 0.15) is 23.8 Å². The van der Waals surface area contributed by atoms with Gasteiger partial charge in [-0.15, -0.1) is 11.3 Å². The zero-order valence-corrected chi connectivity index (χ0v) is 16.7. The van der Waals surface area contributed by atoms with Crippen LogP contribution in [0.15, 0.2) is 42.2 Å². The largest absolute Gasteiger partial charge is 0.353 e. The van der Waals surface area contributed by atoms with E-state index >= 15 is 0 Å². The molecule has 28 heavy (non-hydrogen) atoms. The Morgan fingerprint density at radius 3 is 2.50 bits per heavy atom. The van der Waals surface area contributed by atoms with Crippen molar-refractivity contribution in [3.8, 4) is 0 Å². The van der Waals surface area contributed by atoms with Crippen LogP contribution in [0.25, 0.3) is 0 Å². The summed E-state index contributed by atoms with van der Waals surface area (Å²) in [6.07, 6.45) is 3.32. The smallest absolute Gasteiger partial charge is 0.264 e. The summed E-state index contributed by atoms with van der Waals surface area (Å²) in [5.74, 6) is 2.43. The standard InChI is InChI=1S/C20H22N6OS/c1-14-3-4-21-17(10-14)24-18-11-19(23-13-22-18)25-5-7-26(8-6-25)20(27)16-9-15(2)12-28-16/h3-4,9-13H,5-8H2,1-2H3,(H,21,22,23,24). The fraction of sp³-hybridized carbons (Fsp3) is 0.300. The Morgan fingerprint density at radius 1 is 1.00 bits per heavy atom. The molecule has 8 heteroatoms. The fourth-order valence-corrected chi connectivity index (χ4v) is 4.03. The van der Waals surface area contributed by atoms with E-state index in [2.05, 4.69) is 25.2 Å². The molecular formula is C20H22N6OS. The van der Waals surface area contributed by atoms with Crippen LogP contribution < -0.4 is 10.2 Å². The molecule has 0 atom stereocenters. The molecule has 0 unspecified atom stereocenters. The van der Waals surface area contributed by atoms with Crippen LogP contribution in [0.2, 0.25) is 0 Å². The first kappa shape index (κ1) is 18.4. The predicted molar refractivity (Wildman–Crippen MR) is 111 cm³/mol. The molecule has 1 N–H and O–H groups in total. The van der Waals surface area contributed by atoms with Crippen molar-refractivity contribution in [1.29, 1.82) is 0 Å². The highest BCUT2D eigenvalue weighted by atomic mass is 32.1. The summed E-state index contributed by atoms with van der Waals surface area (Å²) in [7, 11) is 0. The molecule has 3 aromatic rings. The average molecular weight is 395 g/mol. The van der Waals surface area contributed by atoms with E-state index in [-0.39, 0.29) is 5.91 Å². The Kier molecular flexibility index (Phi) is 5.21. The highest BCUT2D eigenvalue weighted by molar-refractivity contribution is 7.12. The van der Waals surface area contributed by atoms with Gasteiger partial charge in [0.05, 0.1) is 4.88 Å². The first-order valence-corrected chi connectivity index (χ1v) is 10.1. The predicted octanol–water partition coefficient (Wildman–Crippen LogP) is 3.26. The summed E-state index contributed by atoms with van der Waals surface area (Å²) in [4.78, 5) is 30.5. The van der Waals surface area contributed by atoms with Gasteiger partial charge in [-0.25, -0.2) is 15.0 Å². The summed E-state index contributed by atoms with van der Waals surface area (Å²) in [6.45, 7) is 6.89. The van der Waals surface area contributed by atoms with Gasteiger partial charge in [-0.05, 0) is 48.6 Å². The van der Waals surface area contributed by atoms with E-state index in [1.165, 1.54) is 11.3 Å². The molecule has 0 aromatic carbocycles. The molecule has 1 amide bonds. The lowest BCUT2D eigenvalue weighted by molar-refractivity contribution is 0.0751. The maximum absolute atomic E-state index is 12.6. The minimum absolute atomic E-state index is 0.119. The molecule has 144 valence electrons. The number of nitrogens with one attached hydrogen (secondary N) is 1. The summed E-state index contributed by atoms with van der Waals surface area (Å²) in [6, 6.07) is 7.80. The third-order valence-electron chi connectivity index (χ3n) is 4.66.